The highest BCUT2D eigenvalue weighted by atomic mass is 16.5. The van der Waals surface area contributed by atoms with Crippen molar-refractivity contribution >= 4 is 0 Å². The predicted molar refractivity (Wildman–Crippen MR) is 82.4 cm³/mol. The van der Waals surface area contributed by atoms with Crippen LogP contribution < -0.4 is 4.74 Å². The fraction of sp³-hybridized carbons (Fsp3) is 0.368. The fourth-order valence-electron chi connectivity index (χ4n) is 3.51. The molecule has 0 amide bonds. The highest BCUT2D eigenvalue weighted by Crippen LogP contribution is 2.58. The molecule has 4 rings (SSSR count). The molecule has 0 N–H and O–H groups in total. The van der Waals surface area contributed by atoms with E-state index in [4.69, 9.17) is 9.47 Å². The molecule has 2 aliphatic rings. The Morgan fingerprint density at radius 1 is 1.05 bits per heavy atom. The average Bonchev–Trinajstić information content (AvgIpc) is 3.30. The SMILES string of the molecule is c1ccc(COc2ccc(C34CCOCC3C4)cc2)cc1. The van der Waals surface area contributed by atoms with Crippen molar-refractivity contribution in [1.29, 1.82) is 0 Å². The number of ether oxygens (including phenoxy) is 2. The standard InChI is InChI=1S/C19H20O2/c1-2-4-15(5-3-1)13-21-18-8-6-16(7-9-18)19-10-11-20-14-17(19)12-19/h1-9,17H,10-14H2. The second kappa shape index (κ2) is 5.19. The smallest absolute Gasteiger partial charge is 0.119 e. The lowest BCUT2D eigenvalue weighted by Gasteiger charge is -2.23. The Balaban J connectivity index is 1.42. The monoisotopic (exact) mass is 280 g/mol. The summed E-state index contributed by atoms with van der Waals surface area (Å²) in [5.41, 5.74) is 3.07. The van der Waals surface area contributed by atoms with Gasteiger partial charge < -0.3 is 9.47 Å². The van der Waals surface area contributed by atoms with Gasteiger partial charge in [-0.2, -0.15) is 0 Å². The van der Waals surface area contributed by atoms with Crippen LogP contribution in [0.2, 0.25) is 0 Å². The van der Waals surface area contributed by atoms with E-state index in [0.717, 1.165) is 24.9 Å². The lowest BCUT2D eigenvalue weighted by molar-refractivity contribution is 0.0802. The van der Waals surface area contributed by atoms with E-state index >= 15 is 0 Å². The quantitative estimate of drug-likeness (QED) is 0.844. The first-order valence-electron chi connectivity index (χ1n) is 7.72. The van der Waals surface area contributed by atoms with E-state index in [1.807, 2.05) is 18.2 Å². The minimum Gasteiger partial charge on any atom is -0.489 e. The van der Waals surface area contributed by atoms with Crippen molar-refractivity contribution in [2.75, 3.05) is 13.2 Å². The molecule has 21 heavy (non-hydrogen) atoms. The van der Waals surface area contributed by atoms with Gasteiger partial charge in [-0.1, -0.05) is 42.5 Å². The van der Waals surface area contributed by atoms with Gasteiger partial charge in [0.1, 0.15) is 12.4 Å². The molecule has 108 valence electrons. The van der Waals surface area contributed by atoms with Gasteiger partial charge in [0.25, 0.3) is 0 Å². The molecule has 0 aromatic heterocycles. The molecule has 0 spiro atoms. The van der Waals surface area contributed by atoms with Crippen LogP contribution >= 0.6 is 0 Å². The maximum atomic E-state index is 5.86. The van der Waals surface area contributed by atoms with Crippen LogP contribution in [0.3, 0.4) is 0 Å². The number of hydrogen-bond donors (Lipinski definition) is 0. The summed E-state index contributed by atoms with van der Waals surface area (Å²) in [6.45, 7) is 2.47. The molecule has 0 bridgehead atoms. The Bertz CT molecular complexity index is 605. The maximum Gasteiger partial charge on any atom is 0.119 e. The number of rotatable bonds is 4. The van der Waals surface area contributed by atoms with Gasteiger partial charge in [-0.3, -0.25) is 0 Å². The van der Waals surface area contributed by atoms with Crippen LogP contribution in [-0.4, -0.2) is 13.2 Å². The van der Waals surface area contributed by atoms with E-state index in [2.05, 4.69) is 36.4 Å². The first kappa shape index (κ1) is 12.9. The normalized spacial score (nSPS) is 27.0. The van der Waals surface area contributed by atoms with E-state index in [1.165, 1.54) is 24.0 Å². The summed E-state index contributed by atoms with van der Waals surface area (Å²) in [6.07, 6.45) is 2.46. The Labute approximate surface area is 125 Å². The van der Waals surface area contributed by atoms with E-state index in [-0.39, 0.29) is 0 Å². The first-order valence-corrected chi connectivity index (χ1v) is 7.72. The van der Waals surface area contributed by atoms with Crippen molar-refractivity contribution in [2.24, 2.45) is 5.92 Å². The third kappa shape index (κ3) is 2.44. The molecule has 1 heterocycles. The summed E-state index contributed by atoms with van der Waals surface area (Å²) in [4.78, 5) is 0. The second-order valence-corrected chi connectivity index (χ2v) is 6.18. The third-order valence-electron chi connectivity index (χ3n) is 4.92. The van der Waals surface area contributed by atoms with Crippen molar-refractivity contribution in [1.82, 2.24) is 0 Å². The third-order valence-corrected chi connectivity index (χ3v) is 4.92. The van der Waals surface area contributed by atoms with Gasteiger partial charge in [-0.25, -0.2) is 0 Å². The van der Waals surface area contributed by atoms with E-state index in [9.17, 15) is 0 Å². The molecule has 2 atom stereocenters. The molecule has 1 aliphatic heterocycles. The van der Waals surface area contributed by atoms with Gasteiger partial charge in [0.2, 0.25) is 0 Å². The van der Waals surface area contributed by atoms with Crippen molar-refractivity contribution in [2.45, 2.75) is 24.9 Å². The van der Waals surface area contributed by atoms with Crippen LogP contribution in [-0.2, 0) is 16.8 Å². The topological polar surface area (TPSA) is 18.5 Å². The van der Waals surface area contributed by atoms with Gasteiger partial charge >= 0.3 is 0 Å². The molecule has 0 radical (unpaired) electrons. The van der Waals surface area contributed by atoms with Gasteiger partial charge in [-0.05, 0) is 42.0 Å². The zero-order valence-corrected chi connectivity index (χ0v) is 12.1. The van der Waals surface area contributed by atoms with Crippen LogP contribution in [0.15, 0.2) is 54.6 Å². The number of benzene rings is 2. The largest absolute Gasteiger partial charge is 0.489 e. The van der Waals surface area contributed by atoms with Crippen molar-refractivity contribution < 1.29 is 9.47 Å². The minimum absolute atomic E-state index is 0.413. The van der Waals surface area contributed by atoms with Crippen LogP contribution in [0.4, 0.5) is 0 Å². The molecular formula is C19H20O2. The van der Waals surface area contributed by atoms with Crippen molar-refractivity contribution in [3.63, 3.8) is 0 Å². The summed E-state index contributed by atoms with van der Waals surface area (Å²) in [6, 6.07) is 19.0. The minimum atomic E-state index is 0.413. The van der Waals surface area contributed by atoms with Crippen molar-refractivity contribution in [3.8, 4) is 5.75 Å². The van der Waals surface area contributed by atoms with Crippen LogP contribution in [0, 0.1) is 5.92 Å². The molecule has 2 fully saturated rings. The summed E-state index contributed by atoms with van der Waals surface area (Å²) < 4.78 is 11.4. The summed E-state index contributed by atoms with van der Waals surface area (Å²) >= 11 is 0. The van der Waals surface area contributed by atoms with Gasteiger partial charge in [0.15, 0.2) is 0 Å². The average molecular weight is 280 g/mol. The molecule has 2 unspecified atom stereocenters. The summed E-state index contributed by atoms with van der Waals surface area (Å²) in [7, 11) is 0. The van der Waals surface area contributed by atoms with E-state index in [0.29, 0.717) is 12.0 Å². The van der Waals surface area contributed by atoms with Crippen LogP contribution in [0.5, 0.6) is 5.75 Å². The Morgan fingerprint density at radius 3 is 2.62 bits per heavy atom. The molecule has 2 nitrogen and oxygen atoms in total. The van der Waals surface area contributed by atoms with Crippen LogP contribution in [0.1, 0.15) is 24.0 Å². The van der Waals surface area contributed by atoms with E-state index in [1.54, 1.807) is 0 Å². The summed E-state index contributed by atoms with van der Waals surface area (Å²) in [5.74, 6) is 1.69. The predicted octanol–water partition coefficient (Wildman–Crippen LogP) is 3.94. The molecular weight excluding hydrogens is 260 g/mol. The number of fused-ring (bicyclic) bond motifs is 1. The highest BCUT2D eigenvalue weighted by Gasteiger charge is 2.56. The Hall–Kier alpha value is -1.80. The summed E-state index contributed by atoms with van der Waals surface area (Å²) in [5, 5.41) is 0. The Morgan fingerprint density at radius 2 is 1.86 bits per heavy atom. The van der Waals surface area contributed by atoms with E-state index < -0.39 is 0 Å². The number of hydrogen-bond acceptors (Lipinski definition) is 2. The molecule has 1 saturated heterocycles. The Kier molecular flexibility index (Phi) is 3.19. The van der Waals surface area contributed by atoms with Crippen LogP contribution in [0.25, 0.3) is 0 Å². The molecule has 2 aromatic carbocycles. The fourth-order valence-corrected chi connectivity index (χ4v) is 3.51. The second-order valence-electron chi connectivity index (χ2n) is 6.18. The van der Waals surface area contributed by atoms with Crippen molar-refractivity contribution in [3.05, 3.63) is 65.7 Å². The maximum absolute atomic E-state index is 5.86. The molecule has 2 aromatic rings. The highest BCUT2D eigenvalue weighted by molar-refractivity contribution is 5.38. The first-order chi connectivity index (χ1) is 10.4. The zero-order chi connectivity index (χ0) is 14.1. The molecule has 1 aliphatic carbocycles. The van der Waals surface area contributed by atoms with Gasteiger partial charge in [0.05, 0.1) is 6.61 Å². The van der Waals surface area contributed by atoms with Gasteiger partial charge in [0, 0.05) is 12.0 Å². The zero-order valence-electron chi connectivity index (χ0n) is 12.1. The van der Waals surface area contributed by atoms with Gasteiger partial charge in [-0.15, -0.1) is 0 Å². The lowest BCUT2D eigenvalue weighted by atomic mass is 9.89. The molecule has 2 heteroatoms. The lowest BCUT2D eigenvalue weighted by Crippen LogP contribution is -2.21. The molecule has 1 saturated carbocycles.